The molecule has 1 fully saturated rings. The number of nitrogens with two attached hydrogens (primary N) is 1. The van der Waals surface area contributed by atoms with Gasteiger partial charge in [0.2, 0.25) is 0 Å². The monoisotopic (exact) mass is 239 g/mol. The van der Waals surface area contributed by atoms with Gasteiger partial charge in [-0.05, 0) is 37.0 Å². The molecule has 1 aromatic carbocycles. The molecule has 1 aromatic rings. The summed E-state index contributed by atoms with van der Waals surface area (Å²) in [5, 5.41) is 0. The standard InChI is InChI=1S/C12H17NS2/c1-14-10-5-3-4-9(11(10)15-2)12(8-13)6-7-12/h3-5H,6-8,13H2,1-2H3. The Kier molecular flexibility index (Phi) is 3.33. The fourth-order valence-electron chi connectivity index (χ4n) is 2.04. The van der Waals surface area contributed by atoms with Gasteiger partial charge in [-0.1, -0.05) is 12.1 Å². The van der Waals surface area contributed by atoms with Gasteiger partial charge < -0.3 is 5.73 Å². The van der Waals surface area contributed by atoms with E-state index in [2.05, 4.69) is 30.7 Å². The number of hydrogen-bond donors (Lipinski definition) is 1. The number of thioether (sulfide) groups is 2. The van der Waals surface area contributed by atoms with Crippen LogP contribution in [0.4, 0.5) is 0 Å². The smallest absolute Gasteiger partial charge is 0.0243 e. The third-order valence-electron chi connectivity index (χ3n) is 3.22. The van der Waals surface area contributed by atoms with Gasteiger partial charge in [-0.25, -0.2) is 0 Å². The van der Waals surface area contributed by atoms with Gasteiger partial charge in [-0.15, -0.1) is 23.5 Å². The zero-order valence-electron chi connectivity index (χ0n) is 9.25. The first-order chi connectivity index (χ1) is 7.27. The second-order valence-electron chi connectivity index (χ2n) is 4.03. The van der Waals surface area contributed by atoms with Crippen molar-refractivity contribution in [1.29, 1.82) is 0 Å². The molecule has 2 rings (SSSR count). The van der Waals surface area contributed by atoms with E-state index in [1.165, 1.54) is 28.2 Å². The maximum absolute atomic E-state index is 5.90. The van der Waals surface area contributed by atoms with Crippen LogP contribution >= 0.6 is 23.5 Å². The molecule has 82 valence electrons. The first-order valence-corrected chi connectivity index (χ1v) is 7.64. The summed E-state index contributed by atoms with van der Waals surface area (Å²) in [6, 6.07) is 6.62. The quantitative estimate of drug-likeness (QED) is 0.818. The van der Waals surface area contributed by atoms with E-state index in [4.69, 9.17) is 5.73 Å². The molecule has 0 aromatic heterocycles. The van der Waals surface area contributed by atoms with Gasteiger partial charge in [0.05, 0.1) is 0 Å². The van der Waals surface area contributed by atoms with Gasteiger partial charge in [0.25, 0.3) is 0 Å². The molecule has 0 amide bonds. The van der Waals surface area contributed by atoms with Crippen LogP contribution in [-0.4, -0.2) is 19.1 Å². The van der Waals surface area contributed by atoms with E-state index in [0.717, 1.165) is 6.54 Å². The summed E-state index contributed by atoms with van der Waals surface area (Å²) in [6.07, 6.45) is 6.82. The highest BCUT2D eigenvalue weighted by Gasteiger charge is 2.44. The topological polar surface area (TPSA) is 26.0 Å². The van der Waals surface area contributed by atoms with Crippen molar-refractivity contribution in [2.24, 2.45) is 5.73 Å². The lowest BCUT2D eigenvalue weighted by Crippen LogP contribution is -2.20. The number of benzene rings is 1. The van der Waals surface area contributed by atoms with Crippen molar-refractivity contribution in [3.63, 3.8) is 0 Å². The summed E-state index contributed by atoms with van der Waals surface area (Å²) in [4.78, 5) is 2.83. The largest absolute Gasteiger partial charge is 0.330 e. The minimum absolute atomic E-state index is 0.310. The van der Waals surface area contributed by atoms with E-state index in [1.807, 2.05) is 23.5 Å². The first kappa shape index (κ1) is 11.4. The Morgan fingerprint density at radius 3 is 2.47 bits per heavy atom. The lowest BCUT2D eigenvalue weighted by Gasteiger charge is -2.18. The molecule has 0 bridgehead atoms. The summed E-state index contributed by atoms with van der Waals surface area (Å²) >= 11 is 3.68. The summed E-state index contributed by atoms with van der Waals surface area (Å²) in [5.74, 6) is 0. The van der Waals surface area contributed by atoms with Gasteiger partial charge in [-0.3, -0.25) is 0 Å². The van der Waals surface area contributed by atoms with Gasteiger partial charge in [0.1, 0.15) is 0 Å². The van der Waals surface area contributed by atoms with Crippen LogP contribution < -0.4 is 5.73 Å². The van der Waals surface area contributed by atoms with Crippen LogP contribution in [0.2, 0.25) is 0 Å². The fourth-order valence-corrected chi connectivity index (χ4v) is 3.82. The number of rotatable bonds is 4. The lowest BCUT2D eigenvalue weighted by molar-refractivity contribution is 0.685. The van der Waals surface area contributed by atoms with Crippen molar-refractivity contribution in [3.05, 3.63) is 23.8 Å². The van der Waals surface area contributed by atoms with Crippen LogP contribution in [0, 0.1) is 0 Å². The van der Waals surface area contributed by atoms with E-state index in [-0.39, 0.29) is 0 Å². The minimum Gasteiger partial charge on any atom is -0.330 e. The Hall–Kier alpha value is -0.120. The van der Waals surface area contributed by atoms with Crippen molar-refractivity contribution in [3.8, 4) is 0 Å². The average Bonchev–Trinajstić information content (AvgIpc) is 3.08. The van der Waals surface area contributed by atoms with Crippen molar-refractivity contribution in [2.45, 2.75) is 28.0 Å². The molecule has 0 heterocycles. The second-order valence-corrected chi connectivity index (χ2v) is 5.69. The molecule has 2 N–H and O–H groups in total. The minimum atomic E-state index is 0.310. The Labute approximate surface area is 100 Å². The van der Waals surface area contributed by atoms with Gasteiger partial charge >= 0.3 is 0 Å². The van der Waals surface area contributed by atoms with Crippen molar-refractivity contribution in [1.82, 2.24) is 0 Å². The third-order valence-corrected chi connectivity index (χ3v) is 4.98. The van der Waals surface area contributed by atoms with E-state index in [1.54, 1.807) is 0 Å². The predicted molar refractivity (Wildman–Crippen MR) is 70.0 cm³/mol. The molecule has 3 heteroatoms. The van der Waals surface area contributed by atoms with E-state index in [9.17, 15) is 0 Å². The SMILES string of the molecule is CSc1cccc(C2(CN)CC2)c1SC. The molecule has 0 unspecified atom stereocenters. The molecule has 0 saturated heterocycles. The molecule has 15 heavy (non-hydrogen) atoms. The van der Waals surface area contributed by atoms with Crippen molar-refractivity contribution in [2.75, 3.05) is 19.1 Å². The van der Waals surface area contributed by atoms with Crippen LogP contribution in [0.1, 0.15) is 18.4 Å². The highest BCUT2D eigenvalue weighted by molar-refractivity contribution is 8.01. The Bertz CT molecular complexity index is 359. The van der Waals surface area contributed by atoms with Crippen molar-refractivity contribution >= 4 is 23.5 Å². The lowest BCUT2D eigenvalue weighted by atomic mass is 9.96. The van der Waals surface area contributed by atoms with Crippen molar-refractivity contribution < 1.29 is 0 Å². The maximum Gasteiger partial charge on any atom is 0.0243 e. The van der Waals surface area contributed by atoms with Gasteiger partial charge in [0.15, 0.2) is 0 Å². The molecule has 0 atom stereocenters. The molecule has 1 saturated carbocycles. The van der Waals surface area contributed by atoms with E-state index in [0.29, 0.717) is 5.41 Å². The molecule has 0 radical (unpaired) electrons. The second kappa shape index (κ2) is 4.40. The van der Waals surface area contributed by atoms with Crippen LogP contribution in [0.3, 0.4) is 0 Å². The summed E-state index contributed by atoms with van der Waals surface area (Å²) < 4.78 is 0. The van der Waals surface area contributed by atoms with E-state index >= 15 is 0 Å². The molecule has 0 spiro atoms. The van der Waals surface area contributed by atoms with Crippen LogP contribution in [0.15, 0.2) is 28.0 Å². The maximum atomic E-state index is 5.90. The molecule has 1 nitrogen and oxygen atoms in total. The zero-order valence-corrected chi connectivity index (χ0v) is 10.9. The molecule has 1 aliphatic rings. The van der Waals surface area contributed by atoms with Crippen LogP contribution in [0.25, 0.3) is 0 Å². The van der Waals surface area contributed by atoms with E-state index < -0.39 is 0 Å². The van der Waals surface area contributed by atoms with Gasteiger partial charge in [0, 0.05) is 21.8 Å². The highest BCUT2D eigenvalue weighted by Crippen LogP contribution is 2.51. The fraction of sp³-hybridized carbons (Fsp3) is 0.500. The predicted octanol–water partition coefficient (Wildman–Crippen LogP) is 3.12. The molecule has 1 aliphatic carbocycles. The molecule has 0 aliphatic heterocycles. The summed E-state index contributed by atoms with van der Waals surface area (Å²) in [5.41, 5.74) is 7.69. The highest BCUT2D eigenvalue weighted by atomic mass is 32.2. The van der Waals surface area contributed by atoms with Gasteiger partial charge in [-0.2, -0.15) is 0 Å². The summed E-state index contributed by atoms with van der Waals surface area (Å²) in [6.45, 7) is 0.790. The Morgan fingerprint density at radius 2 is 2.00 bits per heavy atom. The number of hydrogen-bond acceptors (Lipinski definition) is 3. The first-order valence-electron chi connectivity index (χ1n) is 5.19. The Morgan fingerprint density at radius 1 is 1.27 bits per heavy atom. The normalized spacial score (nSPS) is 17.8. The Balaban J connectivity index is 2.47. The van der Waals surface area contributed by atoms with Crippen LogP contribution in [0.5, 0.6) is 0 Å². The zero-order chi connectivity index (χ0) is 10.9. The summed E-state index contributed by atoms with van der Waals surface area (Å²) in [7, 11) is 0. The average molecular weight is 239 g/mol. The molecular formula is C12H17NS2. The molecular weight excluding hydrogens is 222 g/mol. The third kappa shape index (κ3) is 1.93. The van der Waals surface area contributed by atoms with Crippen LogP contribution in [-0.2, 0) is 5.41 Å².